The summed E-state index contributed by atoms with van der Waals surface area (Å²) in [6.45, 7) is 0. The molecule has 16 heavy (non-hydrogen) atoms. The maximum atomic E-state index is 11.6. The van der Waals surface area contributed by atoms with Crippen LogP contribution in [0.5, 0.6) is 0 Å². The van der Waals surface area contributed by atoms with Crippen molar-refractivity contribution in [3.8, 4) is 0 Å². The van der Waals surface area contributed by atoms with Crippen molar-refractivity contribution in [2.24, 2.45) is 5.73 Å². The van der Waals surface area contributed by atoms with Crippen LogP contribution in [-0.2, 0) is 4.79 Å². The summed E-state index contributed by atoms with van der Waals surface area (Å²) < 4.78 is 0.951. The first-order valence-corrected chi connectivity index (χ1v) is 6.99. The molecule has 1 amide bonds. The summed E-state index contributed by atoms with van der Waals surface area (Å²) in [5.41, 5.74) is 5.83. The topological polar surface area (TPSA) is 55.1 Å². The van der Waals surface area contributed by atoms with Gasteiger partial charge in [0.25, 0.3) is 0 Å². The molecule has 0 aliphatic carbocycles. The number of nitrogens with two attached hydrogens (primary N) is 1. The minimum Gasteiger partial charge on any atom is -0.370 e. The number of halogens is 1. The molecule has 1 aromatic rings. The van der Waals surface area contributed by atoms with Crippen molar-refractivity contribution in [2.45, 2.75) is 12.0 Å². The molecule has 0 aromatic heterocycles. The largest absolute Gasteiger partial charge is 0.370 e. The molecule has 0 bridgehead atoms. The van der Waals surface area contributed by atoms with Crippen LogP contribution in [0.1, 0.15) is 6.42 Å². The quantitative estimate of drug-likeness (QED) is 0.900. The van der Waals surface area contributed by atoms with Gasteiger partial charge in [-0.25, -0.2) is 0 Å². The van der Waals surface area contributed by atoms with E-state index < -0.39 is 5.54 Å². The number of hydrogen-bond acceptors (Lipinski definition) is 3. The van der Waals surface area contributed by atoms with Crippen LogP contribution in [-0.4, -0.2) is 23.0 Å². The molecule has 1 aliphatic rings. The number of para-hydroxylation sites is 1. The van der Waals surface area contributed by atoms with Crippen molar-refractivity contribution in [3.05, 3.63) is 28.7 Å². The Bertz CT molecular complexity index is 405. The molecular weight excluding hydrogens is 288 g/mol. The summed E-state index contributed by atoms with van der Waals surface area (Å²) in [7, 11) is 0. The van der Waals surface area contributed by atoms with Gasteiger partial charge in [-0.1, -0.05) is 12.1 Å². The summed E-state index contributed by atoms with van der Waals surface area (Å²) >= 11 is 5.21. The van der Waals surface area contributed by atoms with Gasteiger partial charge in [0.05, 0.1) is 0 Å². The lowest BCUT2D eigenvalue weighted by Crippen LogP contribution is -2.50. The number of carbonyl (C=O) groups excluding carboxylic acids is 1. The maximum Gasteiger partial charge on any atom is 0.243 e. The van der Waals surface area contributed by atoms with Crippen LogP contribution in [0, 0.1) is 0 Å². The molecule has 5 heteroatoms. The molecule has 1 aliphatic heterocycles. The third kappa shape index (κ3) is 2.20. The Labute approximate surface area is 107 Å². The normalized spacial score (nSPS) is 24.3. The summed E-state index contributed by atoms with van der Waals surface area (Å²) in [5, 5.41) is 3.28. The molecule has 3 nitrogen and oxygen atoms in total. The van der Waals surface area contributed by atoms with Crippen molar-refractivity contribution in [3.63, 3.8) is 0 Å². The Kier molecular flexibility index (Phi) is 3.44. The van der Waals surface area contributed by atoms with Crippen LogP contribution < -0.4 is 11.1 Å². The van der Waals surface area contributed by atoms with E-state index in [1.165, 1.54) is 0 Å². The number of benzene rings is 1. The van der Waals surface area contributed by atoms with Crippen LogP contribution in [0.4, 0.5) is 5.69 Å². The third-order valence-corrected chi connectivity index (χ3v) is 4.62. The predicted octanol–water partition coefficient (Wildman–Crippen LogP) is 2.22. The fourth-order valence-electron chi connectivity index (χ4n) is 1.74. The van der Waals surface area contributed by atoms with Gasteiger partial charge in [-0.2, -0.15) is 11.8 Å². The fraction of sp³-hybridized carbons (Fsp3) is 0.364. The Balaban J connectivity index is 2.25. The first-order chi connectivity index (χ1) is 7.64. The van der Waals surface area contributed by atoms with Crippen LogP contribution >= 0.6 is 27.7 Å². The smallest absolute Gasteiger partial charge is 0.243 e. The Morgan fingerprint density at radius 3 is 2.81 bits per heavy atom. The molecule has 3 N–H and O–H groups in total. The van der Waals surface area contributed by atoms with E-state index in [2.05, 4.69) is 21.2 Å². The van der Waals surface area contributed by atoms with E-state index in [0.717, 1.165) is 28.1 Å². The average Bonchev–Trinajstić information content (AvgIpc) is 2.71. The second kappa shape index (κ2) is 4.67. The first kappa shape index (κ1) is 11.8. The van der Waals surface area contributed by atoms with E-state index in [4.69, 9.17) is 5.73 Å². The standard InChI is InChI=1S/C11H13BrN2OS/c12-8-3-1-2-4-9(8)14-11(10(13)15)5-6-16-7-11/h1-4,14H,5-7H2,(H2,13,15). The van der Waals surface area contributed by atoms with E-state index in [-0.39, 0.29) is 5.91 Å². The van der Waals surface area contributed by atoms with Crippen molar-refractivity contribution in [1.29, 1.82) is 0 Å². The molecule has 1 aromatic carbocycles. The molecule has 1 saturated heterocycles. The van der Waals surface area contributed by atoms with Gasteiger partial charge >= 0.3 is 0 Å². The summed E-state index contributed by atoms with van der Waals surface area (Å²) in [4.78, 5) is 11.6. The van der Waals surface area contributed by atoms with Gasteiger partial charge in [-0.15, -0.1) is 0 Å². The number of thioether (sulfide) groups is 1. The zero-order valence-corrected chi connectivity index (χ0v) is 11.1. The number of nitrogens with one attached hydrogen (secondary N) is 1. The number of amides is 1. The lowest BCUT2D eigenvalue weighted by atomic mass is 9.97. The number of carbonyl (C=O) groups is 1. The molecular formula is C11H13BrN2OS. The second-order valence-electron chi connectivity index (χ2n) is 3.85. The SMILES string of the molecule is NC(=O)C1(Nc2ccccc2Br)CCSC1. The van der Waals surface area contributed by atoms with Gasteiger partial charge in [-0.05, 0) is 40.2 Å². The van der Waals surface area contributed by atoms with Gasteiger partial charge in [0.1, 0.15) is 5.54 Å². The predicted molar refractivity (Wildman–Crippen MR) is 71.6 cm³/mol. The number of anilines is 1. The van der Waals surface area contributed by atoms with Crippen molar-refractivity contribution in [2.75, 3.05) is 16.8 Å². The summed E-state index contributed by atoms with van der Waals surface area (Å²) in [6, 6.07) is 7.76. The zero-order valence-electron chi connectivity index (χ0n) is 8.70. The van der Waals surface area contributed by atoms with Crippen LogP contribution in [0.2, 0.25) is 0 Å². The Hall–Kier alpha value is -0.680. The van der Waals surface area contributed by atoms with E-state index in [1.807, 2.05) is 24.3 Å². The molecule has 1 heterocycles. The molecule has 0 spiro atoms. The molecule has 86 valence electrons. The van der Waals surface area contributed by atoms with E-state index in [0.29, 0.717) is 0 Å². The molecule has 2 rings (SSSR count). The molecule has 1 unspecified atom stereocenters. The van der Waals surface area contributed by atoms with Crippen LogP contribution in [0.25, 0.3) is 0 Å². The molecule has 1 fully saturated rings. The monoisotopic (exact) mass is 300 g/mol. The van der Waals surface area contributed by atoms with Crippen molar-refractivity contribution in [1.82, 2.24) is 0 Å². The lowest BCUT2D eigenvalue weighted by molar-refractivity contribution is -0.121. The average molecular weight is 301 g/mol. The van der Waals surface area contributed by atoms with E-state index >= 15 is 0 Å². The highest BCUT2D eigenvalue weighted by molar-refractivity contribution is 9.10. The van der Waals surface area contributed by atoms with Crippen molar-refractivity contribution >= 4 is 39.3 Å². The number of rotatable bonds is 3. The maximum absolute atomic E-state index is 11.6. The highest BCUT2D eigenvalue weighted by Crippen LogP contribution is 2.33. The Morgan fingerprint density at radius 1 is 1.50 bits per heavy atom. The van der Waals surface area contributed by atoms with Gasteiger partial charge in [0.15, 0.2) is 0 Å². The van der Waals surface area contributed by atoms with Crippen LogP contribution in [0.3, 0.4) is 0 Å². The molecule has 1 atom stereocenters. The molecule has 0 radical (unpaired) electrons. The van der Waals surface area contributed by atoms with Gasteiger partial charge in [0, 0.05) is 15.9 Å². The fourth-order valence-corrected chi connectivity index (χ4v) is 3.47. The summed E-state index contributed by atoms with van der Waals surface area (Å²) in [5.74, 6) is 1.44. The lowest BCUT2D eigenvalue weighted by Gasteiger charge is -2.27. The highest BCUT2D eigenvalue weighted by Gasteiger charge is 2.40. The Morgan fingerprint density at radius 2 is 2.25 bits per heavy atom. The second-order valence-corrected chi connectivity index (χ2v) is 5.81. The highest BCUT2D eigenvalue weighted by atomic mass is 79.9. The molecule has 0 saturated carbocycles. The third-order valence-electron chi connectivity index (χ3n) is 2.74. The van der Waals surface area contributed by atoms with Gasteiger partial charge < -0.3 is 11.1 Å². The summed E-state index contributed by atoms with van der Waals surface area (Å²) in [6.07, 6.45) is 0.786. The van der Waals surface area contributed by atoms with E-state index in [1.54, 1.807) is 11.8 Å². The van der Waals surface area contributed by atoms with Crippen LogP contribution in [0.15, 0.2) is 28.7 Å². The van der Waals surface area contributed by atoms with E-state index in [9.17, 15) is 4.79 Å². The minimum atomic E-state index is -0.589. The minimum absolute atomic E-state index is 0.270. The van der Waals surface area contributed by atoms with Gasteiger partial charge in [-0.3, -0.25) is 4.79 Å². The van der Waals surface area contributed by atoms with Crippen molar-refractivity contribution < 1.29 is 4.79 Å². The number of primary amides is 1. The zero-order chi connectivity index (χ0) is 11.6. The first-order valence-electron chi connectivity index (χ1n) is 5.04. The number of hydrogen-bond donors (Lipinski definition) is 2. The van der Waals surface area contributed by atoms with Gasteiger partial charge in [0.2, 0.25) is 5.91 Å².